The fourth-order valence-corrected chi connectivity index (χ4v) is 4.16. The van der Waals surface area contributed by atoms with Crippen LogP contribution >= 0.6 is 12.6 Å². The third-order valence-corrected chi connectivity index (χ3v) is 6.77. The number of rotatable bonds is 7. The zero-order chi connectivity index (χ0) is 16.8. The summed E-state index contributed by atoms with van der Waals surface area (Å²) in [4.78, 5) is 23.2. The third kappa shape index (κ3) is 5.38. The van der Waals surface area contributed by atoms with Crippen molar-refractivity contribution in [3.8, 4) is 5.75 Å². The first kappa shape index (κ1) is 18.6. The zero-order valence-electron chi connectivity index (χ0n) is 13.5. The second kappa shape index (κ2) is 8.24. The van der Waals surface area contributed by atoms with E-state index < -0.39 is 14.1 Å². The first-order valence-corrected chi connectivity index (χ1v) is 10.9. The van der Waals surface area contributed by atoms with Crippen LogP contribution < -0.4 is 20.6 Å². The van der Waals surface area contributed by atoms with Crippen LogP contribution in [0.5, 0.6) is 5.75 Å². The maximum atomic E-state index is 12.1. The predicted octanol–water partition coefficient (Wildman–Crippen LogP) is 0.700. The molecule has 0 bridgehead atoms. The second-order valence-corrected chi connectivity index (χ2v) is 10.8. The Morgan fingerprint density at radius 1 is 1.27 bits per heavy atom. The molecule has 0 spiro atoms. The largest absolute Gasteiger partial charge is 0.497 e. The molecule has 2 amide bonds. The molecule has 7 heteroatoms. The molecule has 0 aliphatic heterocycles. The molecule has 0 saturated carbocycles. The molecule has 2 N–H and O–H groups in total. The average molecular weight is 341 g/mol. The fraction of sp³-hybridized carbons (Fsp3) is 0.467. The van der Waals surface area contributed by atoms with E-state index in [1.807, 2.05) is 24.3 Å². The summed E-state index contributed by atoms with van der Waals surface area (Å²) < 4.78 is 5.16. The van der Waals surface area contributed by atoms with Crippen molar-refractivity contribution in [1.82, 2.24) is 10.6 Å². The second-order valence-electron chi connectivity index (χ2n) is 5.77. The van der Waals surface area contributed by atoms with Crippen LogP contribution in [-0.4, -0.2) is 45.0 Å². The minimum atomic E-state index is -1.80. The fourth-order valence-electron chi connectivity index (χ4n) is 2.02. The summed E-state index contributed by atoms with van der Waals surface area (Å²) in [6.45, 7) is 5.76. The Morgan fingerprint density at radius 2 is 1.86 bits per heavy atom. The molecule has 0 unspecified atom stereocenters. The monoisotopic (exact) mass is 340 g/mol. The molecule has 1 atom stereocenters. The number of hydrogen-bond donors (Lipinski definition) is 3. The third-order valence-electron chi connectivity index (χ3n) is 3.45. The zero-order valence-corrected chi connectivity index (χ0v) is 15.4. The summed E-state index contributed by atoms with van der Waals surface area (Å²) in [5.41, 5.74) is 0. The van der Waals surface area contributed by atoms with E-state index in [9.17, 15) is 9.59 Å². The maximum absolute atomic E-state index is 12.1. The number of thiol groups is 1. The number of nitrogens with one attached hydrogen (secondary N) is 2. The van der Waals surface area contributed by atoms with Crippen molar-refractivity contribution in [3.05, 3.63) is 24.3 Å². The molecule has 0 heterocycles. The quantitative estimate of drug-likeness (QED) is 0.506. The minimum absolute atomic E-state index is 0.195. The molecule has 1 rings (SSSR count). The van der Waals surface area contributed by atoms with Crippen LogP contribution in [0.1, 0.15) is 6.92 Å². The molecule has 0 fully saturated rings. The van der Waals surface area contributed by atoms with Gasteiger partial charge in [-0.25, -0.2) is 0 Å². The van der Waals surface area contributed by atoms with Gasteiger partial charge in [0.1, 0.15) is 19.9 Å². The van der Waals surface area contributed by atoms with E-state index in [0.29, 0.717) is 6.17 Å². The molecular formula is C15H24N2O3SSi. The molecule has 5 nitrogen and oxygen atoms in total. The Labute approximate surface area is 138 Å². The molecule has 0 aromatic heterocycles. The van der Waals surface area contributed by atoms with E-state index in [-0.39, 0.29) is 17.6 Å². The first-order valence-electron chi connectivity index (χ1n) is 7.10. The van der Waals surface area contributed by atoms with Crippen molar-refractivity contribution in [3.63, 3.8) is 0 Å². The van der Waals surface area contributed by atoms with Crippen molar-refractivity contribution >= 4 is 37.7 Å². The highest BCUT2D eigenvalue weighted by Crippen LogP contribution is 2.10. The van der Waals surface area contributed by atoms with Crippen LogP contribution in [0.15, 0.2) is 24.3 Å². The van der Waals surface area contributed by atoms with Gasteiger partial charge in [0.25, 0.3) is 0 Å². The van der Waals surface area contributed by atoms with E-state index in [4.69, 9.17) is 4.74 Å². The van der Waals surface area contributed by atoms with E-state index in [1.165, 1.54) is 12.1 Å². The summed E-state index contributed by atoms with van der Waals surface area (Å²) in [7, 11) is -0.165. The van der Waals surface area contributed by atoms with Gasteiger partial charge >= 0.3 is 0 Å². The van der Waals surface area contributed by atoms with Gasteiger partial charge in [0, 0.05) is 18.8 Å². The van der Waals surface area contributed by atoms with Gasteiger partial charge in [-0.15, -0.1) is 0 Å². The topological polar surface area (TPSA) is 67.4 Å². The van der Waals surface area contributed by atoms with E-state index >= 15 is 0 Å². The molecule has 0 aliphatic rings. The predicted molar refractivity (Wildman–Crippen MR) is 94.6 cm³/mol. The van der Waals surface area contributed by atoms with Gasteiger partial charge in [0.2, 0.25) is 11.8 Å². The number of carbonyl (C=O) groups excluding carboxylic acids is 2. The van der Waals surface area contributed by atoms with Crippen molar-refractivity contribution in [1.29, 1.82) is 0 Å². The molecule has 1 aromatic rings. The highest BCUT2D eigenvalue weighted by atomic mass is 32.1. The van der Waals surface area contributed by atoms with Crippen molar-refractivity contribution in [2.75, 3.05) is 19.0 Å². The molecule has 1 aromatic carbocycles. The number of carbonyl (C=O) groups is 2. The lowest BCUT2D eigenvalue weighted by Crippen LogP contribution is -2.55. The SMILES string of the molecule is COc1ccc([Si](C)(C)CNC(=O)[C@H](CS)NC(C)=O)cc1. The lowest BCUT2D eigenvalue weighted by atomic mass is 10.3. The Kier molecular flexibility index (Phi) is 6.95. The maximum Gasteiger partial charge on any atom is 0.243 e. The number of hydrogen-bond acceptors (Lipinski definition) is 4. The van der Waals surface area contributed by atoms with Gasteiger partial charge in [0.05, 0.1) is 7.11 Å². The van der Waals surface area contributed by atoms with Crippen LogP contribution in [0.25, 0.3) is 0 Å². The van der Waals surface area contributed by atoms with Crippen molar-refractivity contribution in [2.24, 2.45) is 0 Å². The average Bonchev–Trinajstić information content (AvgIpc) is 2.50. The van der Waals surface area contributed by atoms with Gasteiger partial charge in [-0.3, -0.25) is 9.59 Å². The van der Waals surface area contributed by atoms with Gasteiger partial charge in [0.15, 0.2) is 0 Å². The summed E-state index contributed by atoms with van der Waals surface area (Å²) in [5.74, 6) is 0.661. The number of ether oxygens (including phenoxy) is 1. The summed E-state index contributed by atoms with van der Waals surface area (Å²) >= 11 is 4.11. The van der Waals surface area contributed by atoms with E-state index in [1.54, 1.807) is 7.11 Å². The molecule has 0 saturated heterocycles. The highest BCUT2D eigenvalue weighted by molar-refractivity contribution is 7.80. The summed E-state index contributed by atoms with van der Waals surface area (Å²) in [6, 6.07) is 7.35. The lowest BCUT2D eigenvalue weighted by Gasteiger charge is -2.25. The van der Waals surface area contributed by atoms with E-state index in [2.05, 4.69) is 36.4 Å². The molecule has 0 aliphatic carbocycles. The first-order chi connectivity index (χ1) is 10.3. The van der Waals surface area contributed by atoms with Crippen LogP contribution in [0.2, 0.25) is 13.1 Å². The highest BCUT2D eigenvalue weighted by Gasteiger charge is 2.26. The smallest absolute Gasteiger partial charge is 0.243 e. The van der Waals surface area contributed by atoms with Gasteiger partial charge < -0.3 is 15.4 Å². The minimum Gasteiger partial charge on any atom is -0.497 e. The number of benzene rings is 1. The number of amides is 2. The van der Waals surface area contributed by atoms with Gasteiger partial charge in [-0.2, -0.15) is 12.6 Å². The Bertz CT molecular complexity index is 520. The molecule has 22 heavy (non-hydrogen) atoms. The summed E-state index contributed by atoms with van der Waals surface area (Å²) in [6.07, 6.45) is 0.599. The van der Waals surface area contributed by atoms with Crippen LogP contribution in [0, 0.1) is 0 Å². The molecule has 122 valence electrons. The van der Waals surface area contributed by atoms with Crippen LogP contribution in [-0.2, 0) is 9.59 Å². The van der Waals surface area contributed by atoms with Crippen LogP contribution in [0.3, 0.4) is 0 Å². The Balaban J connectivity index is 2.67. The Morgan fingerprint density at radius 3 is 2.32 bits per heavy atom. The van der Waals surface area contributed by atoms with Crippen LogP contribution in [0.4, 0.5) is 0 Å². The van der Waals surface area contributed by atoms with E-state index in [0.717, 1.165) is 5.75 Å². The van der Waals surface area contributed by atoms with Gasteiger partial charge in [-0.05, 0) is 12.1 Å². The lowest BCUT2D eigenvalue weighted by molar-refractivity contribution is -0.127. The molecule has 0 radical (unpaired) electrons. The van der Waals surface area contributed by atoms with Gasteiger partial charge in [-0.1, -0.05) is 30.4 Å². The number of methoxy groups -OCH3 is 1. The Hall–Kier alpha value is -1.47. The standard InChI is InChI=1S/C15H24N2O3SSi/c1-11(18)17-14(9-21)15(19)16-10-22(3,4)13-7-5-12(20-2)6-8-13/h5-8,14,21H,9-10H2,1-4H3,(H,16,19)(H,17,18)/t14-/m0/s1. The van der Waals surface area contributed by atoms with Crippen molar-refractivity contribution in [2.45, 2.75) is 26.1 Å². The van der Waals surface area contributed by atoms with Crippen molar-refractivity contribution < 1.29 is 14.3 Å². The normalized spacial score (nSPS) is 12.4. The molecular weight excluding hydrogens is 316 g/mol. The summed E-state index contributed by atoms with van der Waals surface area (Å²) in [5, 5.41) is 6.76.